The normalized spacial score (nSPS) is 15.7. The first-order chi connectivity index (χ1) is 13.3. The van der Waals surface area contributed by atoms with E-state index in [-0.39, 0.29) is 5.91 Å². The summed E-state index contributed by atoms with van der Waals surface area (Å²) in [5.41, 5.74) is 2.54. The Morgan fingerprint density at radius 3 is 2.59 bits per heavy atom. The molecule has 0 radical (unpaired) electrons. The first-order valence-electron chi connectivity index (χ1n) is 8.61. The number of rotatable bonds is 6. The number of tetrazole rings is 1. The fourth-order valence-corrected chi connectivity index (χ4v) is 3.43. The molecule has 11 heteroatoms. The summed E-state index contributed by atoms with van der Waals surface area (Å²) in [7, 11) is 0. The SMILES string of the molecule is O=C(CN1CCN(Cc2nnnn2-c2ccccc2)CC1)Nc1nncs1. The van der Waals surface area contributed by atoms with E-state index in [2.05, 4.69) is 40.8 Å². The van der Waals surface area contributed by atoms with Gasteiger partial charge in [-0.15, -0.1) is 15.3 Å². The molecule has 2 aromatic heterocycles. The van der Waals surface area contributed by atoms with E-state index in [1.165, 1.54) is 11.3 Å². The summed E-state index contributed by atoms with van der Waals surface area (Å²) in [6.07, 6.45) is 0. The Bertz CT molecular complexity index is 859. The Morgan fingerprint density at radius 1 is 1.07 bits per heavy atom. The molecule has 0 aliphatic carbocycles. The van der Waals surface area contributed by atoms with Crippen LogP contribution in [-0.2, 0) is 11.3 Å². The summed E-state index contributed by atoms with van der Waals surface area (Å²) < 4.78 is 1.77. The number of benzene rings is 1. The van der Waals surface area contributed by atoms with Gasteiger partial charge in [-0.1, -0.05) is 29.5 Å². The molecule has 1 N–H and O–H groups in total. The number of aromatic nitrogens is 6. The van der Waals surface area contributed by atoms with E-state index >= 15 is 0 Å². The standard InChI is InChI=1S/C16H19N9OS/c26-15(18-16-20-17-12-27-16)11-24-8-6-23(7-9-24)10-14-19-21-22-25(14)13-4-2-1-3-5-13/h1-5,12H,6-11H2,(H,18,20,26). The Morgan fingerprint density at radius 2 is 1.85 bits per heavy atom. The monoisotopic (exact) mass is 385 g/mol. The van der Waals surface area contributed by atoms with Crippen LogP contribution < -0.4 is 5.32 Å². The van der Waals surface area contributed by atoms with Crippen molar-refractivity contribution in [3.8, 4) is 5.69 Å². The maximum absolute atomic E-state index is 12.1. The molecule has 0 spiro atoms. The van der Waals surface area contributed by atoms with Crippen molar-refractivity contribution in [3.63, 3.8) is 0 Å². The molecule has 10 nitrogen and oxygen atoms in total. The van der Waals surface area contributed by atoms with Gasteiger partial charge in [0.25, 0.3) is 0 Å². The van der Waals surface area contributed by atoms with Gasteiger partial charge in [-0.25, -0.2) is 0 Å². The molecule has 1 aromatic carbocycles. The fraction of sp³-hybridized carbons (Fsp3) is 0.375. The zero-order valence-electron chi connectivity index (χ0n) is 14.6. The molecule has 0 atom stereocenters. The van der Waals surface area contributed by atoms with Gasteiger partial charge in [0.15, 0.2) is 5.82 Å². The van der Waals surface area contributed by atoms with Gasteiger partial charge in [0.2, 0.25) is 11.0 Å². The van der Waals surface area contributed by atoms with Crippen LogP contribution in [0.1, 0.15) is 5.82 Å². The van der Waals surface area contributed by atoms with Crippen LogP contribution in [0.3, 0.4) is 0 Å². The number of nitrogens with one attached hydrogen (secondary N) is 1. The predicted molar refractivity (Wildman–Crippen MR) is 99.4 cm³/mol. The zero-order valence-corrected chi connectivity index (χ0v) is 15.4. The molecule has 4 rings (SSSR count). The van der Waals surface area contributed by atoms with Crippen LogP contribution in [0.15, 0.2) is 35.8 Å². The topological polar surface area (TPSA) is 105 Å². The second kappa shape index (κ2) is 8.29. The number of nitrogens with zero attached hydrogens (tertiary/aromatic N) is 8. The highest BCUT2D eigenvalue weighted by molar-refractivity contribution is 7.13. The lowest BCUT2D eigenvalue weighted by molar-refractivity contribution is -0.117. The summed E-state index contributed by atoms with van der Waals surface area (Å²) in [5, 5.41) is 22.9. The van der Waals surface area contributed by atoms with Crippen molar-refractivity contribution in [2.75, 3.05) is 38.0 Å². The van der Waals surface area contributed by atoms with E-state index in [1.54, 1.807) is 10.2 Å². The van der Waals surface area contributed by atoms with Crippen molar-refractivity contribution in [1.82, 2.24) is 40.2 Å². The van der Waals surface area contributed by atoms with Gasteiger partial charge in [-0.2, -0.15) is 4.68 Å². The van der Waals surface area contributed by atoms with Crippen LogP contribution in [0.2, 0.25) is 0 Å². The van der Waals surface area contributed by atoms with E-state index < -0.39 is 0 Å². The van der Waals surface area contributed by atoms with Gasteiger partial charge < -0.3 is 0 Å². The largest absolute Gasteiger partial charge is 0.299 e. The van der Waals surface area contributed by atoms with Gasteiger partial charge in [0, 0.05) is 26.2 Å². The van der Waals surface area contributed by atoms with Crippen LogP contribution in [-0.4, -0.2) is 78.8 Å². The minimum atomic E-state index is -0.0618. The van der Waals surface area contributed by atoms with E-state index in [1.807, 2.05) is 30.3 Å². The molecule has 0 bridgehead atoms. The zero-order chi connectivity index (χ0) is 18.5. The predicted octanol–water partition coefficient (Wildman–Crippen LogP) is 0.270. The van der Waals surface area contributed by atoms with Crippen molar-refractivity contribution in [3.05, 3.63) is 41.7 Å². The number of amides is 1. The molecule has 0 unspecified atom stereocenters. The van der Waals surface area contributed by atoms with E-state index in [4.69, 9.17) is 0 Å². The number of carbonyl (C=O) groups excluding carboxylic acids is 1. The van der Waals surface area contributed by atoms with Gasteiger partial charge in [0.1, 0.15) is 5.51 Å². The molecule has 1 aliphatic heterocycles. The third-order valence-electron chi connectivity index (χ3n) is 4.34. The van der Waals surface area contributed by atoms with Gasteiger partial charge in [0.05, 0.1) is 18.8 Å². The minimum Gasteiger partial charge on any atom is -0.299 e. The van der Waals surface area contributed by atoms with Crippen molar-refractivity contribution in [2.24, 2.45) is 0 Å². The van der Waals surface area contributed by atoms with Gasteiger partial charge >= 0.3 is 0 Å². The highest BCUT2D eigenvalue weighted by Gasteiger charge is 2.21. The molecule has 1 fully saturated rings. The fourth-order valence-electron chi connectivity index (χ4n) is 2.97. The Hall–Kier alpha value is -2.76. The smallest absolute Gasteiger partial charge is 0.240 e. The molecule has 3 aromatic rings. The van der Waals surface area contributed by atoms with Crippen molar-refractivity contribution >= 4 is 22.4 Å². The minimum absolute atomic E-state index is 0.0618. The maximum Gasteiger partial charge on any atom is 0.240 e. The van der Waals surface area contributed by atoms with Gasteiger partial charge in [-0.05, 0) is 22.6 Å². The Kier molecular flexibility index (Phi) is 5.42. The third kappa shape index (κ3) is 4.51. The second-order valence-electron chi connectivity index (χ2n) is 6.19. The summed E-state index contributed by atoms with van der Waals surface area (Å²) in [6, 6.07) is 9.86. The lowest BCUT2D eigenvalue weighted by atomic mass is 10.3. The van der Waals surface area contributed by atoms with E-state index in [0.717, 1.165) is 37.7 Å². The third-order valence-corrected chi connectivity index (χ3v) is 4.95. The molecular formula is C16H19N9OS. The van der Waals surface area contributed by atoms with E-state index in [0.29, 0.717) is 18.2 Å². The number of anilines is 1. The molecule has 0 saturated carbocycles. The average Bonchev–Trinajstić information content (AvgIpc) is 3.36. The highest BCUT2D eigenvalue weighted by Crippen LogP contribution is 2.12. The van der Waals surface area contributed by atoms with E-state index in [9.17, 15) is 4.79 Å². The molecule has 140 valence electrons. The summed E-state index contributed by atoms with van der Waals surface area (Å²) >= 11 is 1.31. The van der Waals surface area contributed by atoms with Crippen molar-refractivity contribution < 1.29 is 4.79 Å². The molecular weight excluding hydrogens is 366 g/mol. The van der Waals surface area contributed by atoms with Crippen molar-refractivity contribution in [2.45, 2.75) is 6.54 Å². The molecule has 1 saturated heterocycles. The van der Waals surface area contributed by atoms with Crippen LogP contribution in [0.4, 0.5) is 5.13 Å². The molecule has 1 amide bonds. The molecule has 3 heterocycles. The summed E-state index contributed by atoms with van der Waals surface area (Å²) in [6.45, 7) is 4.37. The second-order valence-corrected chi connectivity index (χ2v) is 7.02. The average molecular weight is 385 g/mol. The van der Waals surface area contributed by atoms with Crippen LogP contribution in [0.25, 0.3) is 5.69 Å². The number of hydrogen-bond acceptors (Lipinski definition) is 9. The highest BCUT2D eigenvalue weighted by atomic mass is 32.1. The quantitative estimate of drug-likeness (QED) is 0.645. The number of para-hydroxylation sites is 1. The first kappa shape index (κ1) is 17.6. The van der Waals surface area contributed by atoms with Crippen LogP contribution >= 0.6 is 11.3 Å². The Balaban J connectivity index is 1.28. The first-order valence-corrected chi connectivity index (χ1v) is 9.49. The van der Waals surface area contributed by atoms with Crippen LogP contribution in [0, 0.1) is 0 Å². The Labute approximate surface area is 159 Å². The van der Waals surface area contributed by atoms with Crippen molar-refractivity contribution in [1.29, 1.82) is 0 Å². The summed E-state index contributed by atoms with van der Waals surface area (Å²) in [5.74, 6) is 0.747. The van der Waals surface area contributed by atoms with Gasteiger partial charge in [-0.3, -0.25) is 19.9 Å². The van der Waals surface area contributed by atoms with Crippen LogP contribution in [0.5, 0.6) is 0 Å². The molecule has 1 aliphatic rings. The maximum atomic E-state index is 12.1. The molecule has 27 heavy (non-hydrogen) atoms. The summed E-state index contributed by atoms with van der Waals surface area (Å²) in [4.78, 5) is 16.5. The lowest BCUT2D eigenvalue weighted by Crippen LogP contribution is -2.48. The number of hydrogen-bond donors (Lipinski definition) is 1. The number of carbonyl (C=O) groups is 1. The lowest BCUT2D eigenvalue weighted by Gasteiger charge is -2.33. The number of piperazine rings is 1.